The van der Waals surface area contributed by atoms with Crippen LogP contribution in [-0.2, 0) is 10.9 Å². The van der Waals surface area contributed by atoms with Gasteiger partial charge in [0.05, 0.1) is 30.3 Å². The molecule has 0 bridgehead atoms. The predicted molar refractivity (Wildman–Crippen MR) is 114 cm³/mol. The Labute approximate surface area is 179 Å². The molecule has 0 amide bonds. The van der Waals surface area contributed by atoms with Gasteiger partial charge in [-0.15, -0.1) is 0 Å². The van der Waals surface area contributed by atoms with E-state index in [1.165, 1.54) is 6.07 Å². The number of nitrogens with two attached hydrogens (primary N) is 2. The van der Waals surface area contributed by atoms with Crippen molar-refractivity contribution in [3.8, 4) is 17.1 Å². The van der Waals surface area contributed by atoms with E-state index in [0.29, 0.717) is 18.8 Å². The molecule has 2 aromatic heterocycles. The fourth-order valence-electron chi connectivity index (χ4n) is 3.96. The van der Waals surface area contributed by atoms with Crippen molar-refractivity contribution in [3.63, 3.8) is 0 Å². The van der Waals surface area contributed by atoms with Gasteiger partial charge < -0.3 is 25.8 Å². The summed E-state index contributed by atoms with van der Waals surface area (Å²) in [6, 6.07) is 4.00. The standard InChI is InChI=1S/C21H28F3N5O2/c1-4-31-17-9-13(8-16(28-17)21(22,23)24)14-10-15(18(25)19(26)27-14)29(2)11-20(12-30-3)6-5-7-20/h8-10H,4-7,11-12,25H2,1-3H3,(H2,26,27). The van der Waals surface area contributed by atoms with Crippen LogP contribution in [0.25, 0.3) is 11.3 Å². The first-order valence-electron chi connectivity index (χ1n) is 10.1. The fraction of sp³-hybridized carbons (Fsp3) is 0.524. The molecule has 3 rings (SSSR count). The molecule has 0 saturated heterocycles. The number of aromatic nitrogens is 2. The van der Waals surface area contributed by atoms with Crippen molar-refractivity contribution < 1.29 is 22.6 Å². The van der Waals surface area contributed by atoms with Crippen LogP contribution in [0.2, 0.25) is 0 Å². The smallest absolute Gasteiger partial charge is 0.433 e. The normalized spacial score (nSPS) is 15.4. The Bertz CT molecular complexity index is 932. The third-order valence-electron chi connectivity index (χ3n) is 5.60. The van der Waals surface area contributed by atoms with Crippen molar-refractivity contribution in [2.45, 2.75) is 32.4 Å². The minimum Gasteiger partial charge on any atom is -0.478 e. The van der Waals surface area contributed by atoms with E-state index in [1.807, 2.05) is 11.9 Å². The van der Waals surface area contributed by atoms with E-state index in [2.05, 4.69) is 9.97 Å². The van der Waals surface area contributed by atoms with Gasteiger partial charge in [0.25, 0.3) is 0 Å². The first-order chi connectivity index (χ1) is 14.6. The highest BCUT2D eigenvalue weighted by atomic mass is 19.4. The van der Waals surface area contributed by atoms with Gasteiger partial charge in [0, 0.05) is 37.7 Å². The van der Waals surface area contributed by atoms with Gasteiger partial charge >= 0.3 is 6.18 Å². The topological polar surface area (TPSA) is 99.5 Å². The number of alkyl halides is 3. The van der Waals surface area contributed by atoms with E-state index in [0.717, 1.165) is 25.3 Å². The lowest BCUT2D eigenvalue weighted by atomic mass is 9.69. The number of hydrogen-bond donors (Lipinski definition) is 2. The second-order valence-electron chi connectivity index (χ2n) is 7.98. The van der Waals surface area contributed by atoms with Crippen molar-refractivity contribution in [2.24, 2.45) is 5.41 Å². The van der Waals surface area contributed by atoms with Gasteiger partial charge in [0.1, 0.15) is 11.5 Å². The lowest BCUT2D eigenvalue weighted by Crippen LogP contribution is -2.44. The molecule has 2 heterocycles. The predicted octanol–water partition coefficient (Wildman–Crippen LogP) is 3.98. The van der Waals surface area contributed by atoms with Crippen LogP contribution in [0.1, 0.15) is 31.9 Å². The van der Waals surface area contributed by atoms with Gasteiger partial charge in [0.15, 0.2) is 0 Å². The van der Waals surface area contributed by atoms with Crippen LogP contribution in [0.5, 0.6) is 5.88 Å². The van der Waals surface area contributed by atoms with Crippen molar-refractivity contribution >= 4 is 17.2 Å². The third kappa shape index (κ3) is 4.95. The van der Waals surface area contributed by atoms with E-state index in [1.54, 1.807) is 20.1 Å². The quantitative estimate of drug-likeness (QED) is 0.642. The highest BCUT2D eigenvalue weighted by Gasteiger charge is 2.38. The SMILES string of the molecule is CCOc1cc(-c2cc(N(C)CC3(COC)CCC3)c(N)c(N)n2)cc(C(F)(F)F)n1. The largest absolute Gasteiger partial charge is 0.478 e. The Kier molecular flexibility index (Phi) is 6.49. The third-order valence-corrected chi connectivity index (χ3v) is 5.60. The van der Waals surface area contributed by atoms with E-state index < -0.39 is 11.9 Å². The summed E-state index contributed by atoms with van der Waals surface area (Å²) in [6.45, 7) is 3.16. The van der Waals surface area contributed by atoms with Gasteiger partial charge in [-0.1, -0.05) is 6.42 Å². The fourth-order valence-corrected chi connectivity index (χ4v) is 3.96. The van der Waals surface area contributed by atoms with Gasteiger partial charge in [-0.25, -0.2) is 9.97 Å². The Balaban J connectivity index is 2.02. The van der Waals surface area contributed by atoms with Crippen molar-refractivity contribution in [3.05, 3.63) is 23.9 Å². The number of methoxy groups -OCH3 is 1. The number of halogens is 3. The Morgan fingerprint density at radius 2 is 1.87 bits per heavy atom. The minimum absolute atomic E-state index is 0.0242. The zero-order valence-electron chi connectivity index (χ0n) is 17.9. The zero-order chi connectivity index (χ0) is 22.8. The number of rotatable bonds is 8. The summed E-state index contributed by atoms with van der Waals surface area (Å²) in [5.41, 5.74) is 12.5. The van der Waals surface area contributed by atoms with Crippen LogP contribution in [-0.4, -0.2) is 43.9 Å². The molecule has 1 aliphatic rings. The summed E-state index contributed by atoms with van der Waals surface area (Å²) in [7, 11) is 3.55. The van der Waals surface area contributed by atoms with Crippen molar-refractivity contribution in [1.29, 1.82) is 0 Å². The van der Waals surface area contributed by atoms with Crippen LogP contribution in [0, 0.1) is 5.41 Å². The second kappa shape index (κ2) is 8.78. The average Bonchev–Trinajstić information content (AvgIpc) is 2.67. The molecular formula is C21H28F3N5O2. The number of nitrogens with zero attached hydrogens (tertiary/aromatic N) is 3. The highest BCUT2D eigenvalue weighted by Crippen LogP contribution is 2.43. The zero-order valence-corrected chi connectivity index (χ0v) is 17.9. The lowest BCUT2D eigenvalue weighted by Gasteiger charge is -2.44. The van der Waals surface area contributed by atoms with E-state index in [9.17, 15) is 13.2 Å². The van der Waals surface area contributed by atoms with Gasteiger partial charge in [-0.3, -0.25) is 0 Å². The molecule has 10 heteroatoms. The second-order valence-corrected chi connectivity index (χ2v) is 7.98. The van der Waals surface area contributed by atoms with Crippen LogP contribution in [0.3, 0.4) is 0 Å². The molecule has 0 unspecified atom stereocenters. The monoisotopic (exact) mass is 439 g/mol. The first-order valence-corrected chi connectivity index (χ1v) is 10.1. The summed E-state index contributed by atoms with van der Waals surface area (Å²) >= 11 is 0. The van der Waals surface area contributed by atoms with Gasteiger partial charge in [0.2, 0.25) is 5.88 Å². The summed E-state index contributed by atoms with van der Waals surface area (Å²) in [4.78, 5) is 9.74. The average molecular weight is 439 g/mol. The summed E-state index contributed by atoms with van der Waals surface area (Å²) in [5.74, 6) is -0.0787. The molecule has 170 valence electrons. The number of nitrogen functional groups attached to an aromatic ring is 2. The number of anilines is 3. The Hall–Kier alpha value is -2.75. The highest BCUT2D eigenvalue weighted by molar-refractivity contribution is 5.82. The molecule has 0 aliphatic heterocycles. The Morgan fingerprint density at radius 3 is 2.42 bits per heavy atom. The molecule has 1 saturated carbocycles. The lowest BCUT2D eigenvalue weighted by molar-refractivity contribution is -0.141. The molecule has 2 aromatic rings. The van der Waals surface area contributed by atoms with E-state index >= 15 is 0 Å². The molecule has 1 fully saturated rings. The maximum absolute atomic E-state index is 13.4. The van der Waals surface area contributed by atoms with Crippen LogP contribution in [0.4, 0.5) is 30.4 Å². The number of pyridine rings is 2. The van der Waals surface area contributed by atoms with Crippen LogP contribution >= 0.6 is 0 Å². The molecular weight excluding hydrogens is 411 g/mol. The molecule has 0 aromatic carbocycles. The Morgan fingerprint density at radius 1 is 1.16 bits per heavy atom. The maximum Gasteiger partial charge on any atom is 0.433 e. The minimum atomic E-state index is -4.63. The number of ether oxygens (including phenoxy) is 2. The van der Waals surface area contributed by atoms with E-state index in [-0.39, 0.29) is 40.7 Å². The van der Waals surface area contributed by atoms with Crippen LogP contribution in [0.15, 0.2) is 18.2 Å². The summed E-state index contributed by atoms with van der Waals surface area (Å²) in [5, 5.41) is 0. The van der Waals surface area contributed by atoms with Crippen molar-refractivity contribution in [2.75, 3.05) is 50.3 Å². The molecule has 7 nitrogen and oxygen atoms in total. The maximum atomic E-state index is 13.4. The van der Waals surface area contributed by atoms with Crippen LogP contribution < -0.4 is 21.1 Å². The van der Waals surface area contributed by atoms with Crippen molar-refractivity contribution in [1.82, 2.24) is 9.97 Å². The van der Waals surface area contributed by atoms with Gasteiger partial charge in [-0.05, 0) is 31.9 Å². The number of hydrogen-bond acceptors (Lipinski definition) is 7. The molecule has 0 radical (unpaired) electrons. The molecule has 1 aliphatic carbocycles. The van der Waals surface area contributed by atoms with Gasteiger partial charge in [-0.2, -0.15) is 13.2 Å². The molecule has 0 atom stereocenters. The summed E-state index contributed by atoms with van der Waals surface area (Å²) < 4.78 is 50.7. The molecule has 0 spiro atoms. The van der Waals surface area contributed by atoms with E-state index in [4.69, 9.17) is 20.9 Å². The first kappa shape index (κ1) is 22.9. The molecule has 4 N–H and O–H groups in total. The molecule has 31 heavy (non-hydrogen) atoms. The summed E-state index contributed by atoms with van der Waals surface area (Å²) in [6.07, 6.45) is -1.42.